The number of rotatable bonds is 0. The largest absolute Gasteiger partial charge is 0.342 e. The maximum Gasteiger partial charge on any atom is 0.252 e. The molecule has 0 fully saturated rings. The summed E-state index contributed by atoms with van der Waals surface area (Å²) >= 11 is 0. The Balaban J connectivity index is 1.51. The Morgan fingerprint density at radius 1 is 0.500 bits per heavy atom. The lowest BCUT2D eigenvalue weighted by molar-refractivity contribution is 0.607. The van der Waals surface area contributed by atoms with Crippen LogP contribution in [0.2, 0.25) is 0 Å². The molecule has 4 aliphatic heterocycles. The van der Waals surface area contributed by atoms with Gasteiger partial charge in [0.05, 0.1) is 0 Å². The molecule has 4 heterocycles. The van der Waals surface area contributed by atoms with Gasteiger partial charge in [-0.1, -0.05) is 74.6 Å². The van der Waals surface area contributed by atoms with Crippen LogP contribution in [0.25, 0.3) is 0 Å². The fraction of sp³-hybridized carbons (Fsp3) is 0.419. The minimum atomic E-state index is 0.354. The van der Waals surface area contributed by atoms with Crippen LogP contribution in [0.15, 0.2) is 54.6 Å². The molecule has 7 rings (SSSR count). The SMILES string of the molecule is c1cc2c3c(c1)B1c4cccc5c4N(CCCCCC5)c4cccc(c41)N3CCCCCCC2. The number of benzene rings is 3. The van der Waals surface area contributed by atoms with E-state index in [1.54, 1.807) is 27.5 Å². The van der Waals surface area contributed by atoms with E-state index in [4.69, 9.17) is 0 Å². The lowest BCUT2D eigenvalue weighted by Gasteiger charge is -2.45. The zero-order valence-corrected chi connectivity index (χ0v) is 20.4. The van der Waals surface area contributed by atoms with Crippen molar-refractivity contribution < 1.29 is 0 Å². The average Bonchev–Trinajstić information content (AvgIpc) is 2.98. The molecule has 34 heavy (non-hydrogen) atoms. The van der Waals surface area contributed by atoms with Gasteiger partial charge in [0.1, 0.15) is 0 Å². The molecule has 0 amide bonds. The predicted molar refractivity (Wildman–Crippen MR) is 147 cm³/mol. The molecule has 2 nitrogen and oxygen atoms in total. The summed E-state index contributed by atoms with van der Waals surface area (Å²) in [5.74, 6) is 0. The van der Waals surface area contributed by atoms with Crippen molar-refractivity contribution in [2.45, 2.75) is 70.6 Å². The highest BCUT2D eigenvalue weighted by atomic mass is 15.2. The number of anilines is 4. The monoisotopic (exact) mass is 446 g/mol. The van der Waals surface area contributed by atoms with Gasteiger partial charge in [-0.25, -0.2) is 0 Å². The standard InChI is InChI=1S/C31H35BN2/c1-2-6-13-23-15-10-17-25-30(23)33(21-8-4-1)27-19-12-20-28-29(27)32(25)26-18-11-16-24-14-7-3-5-9-22-34(28)31(24)26/h10-12,15-20H,1-9,13-14,21-22H2. The summed E-state index contributed by atoms with van der Waals surface area (Å²) in [6.45, 7) is 2.63. The van der Waals surface area contributed by atoms with E-state index in [1.807, 2.05) is 0 Å². The molecule has 0 unspecified atom stereocenters. The molecule has 3 aromatic carbocycles. The molecule has 0 saturated carbocycles. The number of hydrogen-bond acceptors (Lipinski definition) is 2. The van der Waals surface area contributed by atoms with E-state index in [0.717, 1.165) is 13.1 Å². The summed E-state index contributed by atoms with van der Waals surface area (Å²) in [6.07, 6.45) is 14.4. The smallest absolute Gasteiger partial charge is 0.252 e. The van der Waals surface area contributed by atoms with E-state index >= 15 is 0 Å². The van der Waals surface area contributed by atoms with Crippen LogP contribution < -0.4 is 26.2 Å². The molecule has 0 N–H and O–H groups in total. The van der Waals surface area contributed by atoms with Crippen molar-refractivity contribution in [2.75, 3.05) is 22.9 Å². The van der Waals surface area contributed by atoms with E-state index in [2.05, 4.69) is 64.4 Å². The van der Waals surface area contributed by atoms with Crippen LogP contribution in [0, 0.1) is 0 Å². The lowest BCUT2D eigenvalue weighted by atomic mass is 9.33. The Bertz CT molecular complexity index is 1230. The molecular formula is C31H35BN2. The second kappa shape index (κ2) is 8.52. The molecular weight excluding hydrogens is 411 g/mol. The van der Waals surface area contributed by atoms with Crippen LogP contribution in [0.3, 0.4) is 0 Å². The van der Waals surface area contributed by atoms with Gasteiger partial charge < -0.3 is 9.80 Å². The zero-order valence-electron chi connectivity index (χ0n) is 20.4. The van der Waals surface area contributed by atoms with Crippen LogP contribution in [0.1, 0.15) is 68.9 Å². The fourth-order valence-corrected chi connectivity index (χ4v) is 7.30. The zero-order chi connectivity index (χ0) is 22.5. The summed E-state index contributed by atoms with van der Waals surface area (Å²) in [6, 6.07) is 21.6. The van der Waals surface area contributed by atoms with Crippen LogP contribution >= 0.6 is 0 Å². The molecule has 172 valence electrons. The van der Waals surface area contributed by atoms with Gasteiger partial charge in [0.25, 0.3) is 6.71 Å². The van der Waals surface area contributed by atoms with E-state index in [-0.39, 0.29) is 0 Å². The Hall–Kier alpha value is -2.68. The minimum Gasteiger partial charge on any atom is -0.342 e. The van der Waals surface area contributed by atoms with E-state index in [0.29, 0.717) is 6.71 Å². The normalized spacial score (nSPS) is 19.2. The van der Waals surface area contributed by atoms with Gasteiger partial charge in [-0.2, -0.15) is 0 Å². The van der Waals surface area contributed by atoms with Gasteiger partial charge in [-0.3, -0.25) is 0 Å². The molecule has 3 aromatic rings. The molecule has 0 aliphatic carbocycles. The van der Waals surface area contributed by atoms with Crippen molar-refractivity contribution in [3.05, 3.63) is 65.7 Å². The van der Waals surface area contributed by atoms with Crippen molar-refractivity contribution in [1.29, 1.82) is 0 Å². The van der Waals surface area contributed by atoms with Crippen LogP contribution in [0.5, 0.6) is 0 Å². The summed E-state index contributed by atoms with van der Waals surface area (Å²) < 4.78 is 0. The quantitative estimate of drug-likeness (QED) is 0.407. The number of fused-ring (bicyclic) bond motifs is 4. The van der Waals surface area contributed by atoms with Crippen molar-refractivity contribution in [3.8, 4) is 0 Å². The van der Waals surface area contributed by atoms with Crippen LogP contribution in [-0.2, 0) is 12.8 Å². The van der Waals surface area contributed by atoms with E-state index < -0.39 is 0 Å². The minimum absolute atomic E-state index is 0.354. The molecule has 0 atom stereocenters. The highest BCUT2D eigenvalue weighted by Gasteiger charge is 2.43. The third-order valence-corrected chi connectivity index (χ3v) is 8.80. The van der Waals surface area contributed by atoms with Crippen molar-refractivity contribution in [3.63, 3.8) is 0 Å². The first-order valence-electron chi connectivity index (χ1n) is 13.8. The van der Waals surface area contributed by atoms with Gasteiger partial charge in [-0.05, 0) is 78.2 Å². The maximum atomic E-state index is 2.72. The Morgan fingerprint density at radius 3 is 1.53 bits per heavy atom. The molecule has 0 spiro atoms. The summed E-state index contributed by atoms with van der Waals surface area (Å²) in [5.41, 5.74) is 13.8. The van der Waals surface area contributed by atoms with Crippen molar-refractivity contribution >= 4 is 45.9 Å². The third kappa shape index (κ3) is 3.16. The number of hydrogen-bond donors (Lipinski definition) is 0. The molecule has 4 aliphatic rings. The molecule has 0 bridgehead atoms. The Morgan fingerprint density at radius 2 is 0.971 bits per heavy atom. The Labute approximate surface area is 205 Å². The molecule has 3 heteroatoms. The number of para-hydroxylation sites is 2. The predicted octanol–water partition coefficient (Wildman–Crippen LogP) is 5.73. The van der Waals surface area contributed by atoms with Crippen molar-refractivity contribution in [1.82, 2.24) is 0 Å². The van der Waals surface area contributed by atoms with Gasteiger partial charge in [0.2, 0.25) is 0 Å². The average molecular weight is 446 g/mol. The van der Waals surface area contributed by atoms with Gasteiger partial charge >= 0.3 is 0 Å². The first-order chi connectivity index (χ1) is 16.9. The highest BCUT2D eigenvalue weighted by molar-refractivity contribution is 7.00. The third-order valence-electron chi connectivity index (χ3n) is 8.80. The summed E-state index contributed by atoms with van der Waals surface area (Å²) in [7, 11) is 0. The molecule has 0 saturated heterocycles. The topological polar surface area (TPSA) is 6.48 Å². The first kappa shape index (κ1) is 20.7. The Kier molecular flexibility index (Phi) is 5.18. The second-order valence-electron chi connectivity index (χ2n) is 10.8. The van der Waals surface area contributed by atoms with Gasteiger partial charge in [0, 0.05) is 35.8 Å². The first-order valence-corrected chi connectivity index (χ1v) is 13.8. The molecule has 0 radical (unpaired) electrons. The fourth-order valence-electron chi connectivity index (χ4n) is 7.30. The summed E-state index contributed by atoms with van der Waals surface area (Å²) in [4.78, 5) is 5.43. The van der Waals surface area contributed by atoms with E-state index in [1.165, 1.54) is 93.4 Å². The van der Waals surface area contributed by atoms with Gasteiger partial charge in [0.15, 0.2) is 0 Å². The van der Waals surface area contributed by atoms with Crippen molar-refractivity contribution in [2.24, 2.45) is 0 Å². The number of nitrogens with zero attached hydrogens (tertiary/aromatic N) is 2. The molecule has 0 aromatic heterocycles. The van der Waals surface area contributed by atoms with Crippen LogP contribution in [0.4, 0.5) is 22.7 Å². The maximum absolute atomic E-state index is 2.72. The van der Waals surface area contributed by atoms with E-state index in [9.17, 15) is 0 Å². The second-order valence-corrected chi connectivity index (χ2v) is 10.8. The summed E-state index contributed by atoms with van der Waals surface area (Å²) in [5, 5.41) is 0. The number of aryl methyl sites for hydroxylation is 2. The highest BCUT2D eigenvalue weighted by Crippen LogP contribution is 2.41. The van der Waals surface area contributed by atoms with Gasteiger partial charge in [-0.15, -0.1) is 0 Å². The van der Waals surface area contributed by atoms with Crippen LogP contribution in [-0.4, -0.2) is 19.8 Å². The lowest BCUT2D eigenvalue weighted by Crippen LogP contribution is -2.62.